The van der Waals surface area contributed by atoms with Crippen molar-refractivity contribution in [3.8, 4) is 0 Å². The zero-order chi connectivity index (χ0) is 24.5. The Morgan fingerprint density at radius 1 is 0.528 bits per heavy atom. The Kier molecular flexibility index (Phi) is 7.70. The van der Waals surface area contributed by atoms with Crippen molar-refractivity contribution in [2.24, 2.45) is 0 Å². The Morgan fingerprint density at radius 2 is 0.944 bits per heavy atom. The molecule has 0 bridgehead atoms. The van der Waals surface area contributed by atoms with Crippen molar-refractivity contribution in [1.82, 2.24) is 0 Å². The van der Waals surface area contributed by atoms with Gasteiger partial charge in [-0.3, -0.25) is 0 Å². The summed E-state index contributed by atoms with van der Waals surface area (Å²) in [6, 6.07) is 31.1. The van der Waals surface area contributed by atoms with Crippen LogP contribution in [0.4, 0.5) is 22.7 Å². The van der Waals surface area contributed by atoms with Gasteiger partial charge in [0.15, 0.2) is 0 Å². The molecule has 6 rings (SSSR count). The zero-order valence-electron chi connectivity index (χ0n) is 19.8. The first-order valence-electron chi connectivity index (χ1n) is 11.5. The molecule has 0 amide bonds. The minimum absolute atomic E-state index is 1.01. The number of rotatable bonds is 7. The molecule has 0 spiro atoms. The van der Waals surface area contributed by atoms with Crippen LogP contribution in [0.5, 0.6) is 0 Å². The van der Waals surface area contributed by atoms with Gasteiger partial charge in [0.05, 0.1) is 22.7 Å². The topological polar surface area (TPSA) is 6.48 Å². The monoisotopic (exact) mass is 580 g/mol. The van der Waals surface area contributed by atoms with Gasteiger partial charge < -0.3 is 9.80 Å². The number of hydrogen-bond donors (Lipinski definition) is 0. The van der Waals surface area contributed by atoms with Crippen molar-refractivity contribution >= 4 is 87.5 Å². The van der Waals surface area contributed by atoms with E-state index in [2.05, 4.69) is 109 Å². The molecule has 0 unspecified atom stereocenters. The highest BCUT2D eigenvalue weighted by Gasteiger charge is 2.21. The van der Waals surface area contributed by atoms with Crippen LogP contribution in [-0.4, -0.2) is 14.1 Å². The fraction of sp³-hybridized carbons (Fsp3) is 0.143. The second kappa shape index (κ2) is 11.1. The summed E-state index contributed by atoms with van der Waals surface area (Å²) in [5.74, 6) is 2.03. The summed E-state index contributed by atoms with van der Waals surface area (Å²) in [4.78, 5) is 9.95. The van der Waals surface area contributed by atoms with E-state index in [4.69, 9.17) is 0 Å². The van der Waals surface area contributed by atoms with Crippen LogP contribution in [0.25, 0.3) is 0 Å². The molecule has 2 heterocycles. The maximum absolute atomic E-state index is 2.36. The van der Waals surface area contributed by atoms with E-state index >= 15 is 0 Å². The maximum Gasteiger partial charge on any atom is 0.0550 e. The first-order valence-corrected chi connectivity index (χ1v) is 18.3. The molecular formula is C28H24N2S6. The summed E-state index contributed by atoms with van der Waals surface area (Å²) in [6.07, 6.45) is 0. The molecule has 0 aliphatic carbocycles. The minimum atomic E-state index is 1.01. The van der Waals surface area contributed by atoms with E-state index in [1.165, 1.54) is 53.5 Å². The summed E-state index contributed by atoms with van der Waals surface area (Å²) in [6.45, 7) is 0. The highest BCUT2D eigenvalue weighted by molar-refractivity contribution is 9.25. The highest BCUT2D eigenvalue weighted by Crippen LogP contribution is 2.50. The molecule has 2 aliphatic heterocycles. The molecule has 0 fully saturated rings. The summed E-state index contributed by atoms with van der Waals surface area (Å²) in [5, 5.41) is 0. The molecular weight excluding hydrogens is 557 g/mol. The third-order valence-corrected chi connectivity index (χ3v) is 14.8. The van der Waals surface area contributed by atoms with Crippen LogP contribution in [0, 0.1) is 0 Å². The van der Waals surface area contributed by atoms with Crippen molar-refractivity contribution in [3.05, 3.63) is 96.1 Å². The van der Waals surface area contributed by atoms with E-state index in [1.54, 1.807) is 0 Å². The molecule has 0 aromatic heterocycles. The van der Waals surface area contributed by atoms with Crippen molar-refractivity contribution in [1.29, 1.82) is 0 Å². The number of benzene rings is 4. The Morgan fingerprint density at radius 3 is 1.42 bits per heavy atom. The van der Waals surface area contributed by atoms with Crippen LogP contribution in [0.3, 0.4) is 0 Å². The Hall–Kier alpha value is -1.42. The maximum atomic E-state index is 2.36. The largest absolute Gasteiger partial charge is 0.343 e. The first kappa shape index (κ1) is 24.9. The average molecular weight is 581 g/mol. The average Bonchev–Trinajstić information content (AvgIpc) is 2.91. The van der Waals surface area contributed by atoms with Gasteiger partial charge in [0.1, 0.15) is 0 Å². The van der Waals surface area contributed by atoms with E-state index in [0.29, 0.717) is 0 Å². The second-order valence-electron chi connectivity index (χ2n) is 8.52. The van der Waals surface area contributed by atoms with Crippen molar-refractivity contribution in [2.75, 3.05) is 23.9 Å². The third-order valence-electron chi connectivity index (χ3n) is 6.24. The first-order chi connectivity index (χ1) is 17.7. The molecule has 0 saturated carbocycles. The molecule has 0 saturated heterocycles. The molecule has 0 radical (unpaired) electrons. The minimum Gasteiger partial charge on any atom is -0.343 e. The van der Waals surface area contributed by atoms with Gasteiger partial charge in [-0.2, -0.15) is 0 Å². The van der Waals surface area contributed by atoms with Crippen LogP contribution in [0.15, 0.2) is 105 Å². The van der Waals surface area contributed by atoms with Gasteiger partial charge in [-0.25, -0.2) is 0 Å². The van der Waals surface area contributed by atoms with E-state index in [0.717, 1.165) is 11.5 Å². The quantitative estimate of drug-likeness (QED) is 0.155. The van der Waals surface area contributed by atoms with Gasteiger partial charge in [-0.1, -0.05) is 81.5 Å². The smallest absolute Gasteiger partial charge is 0.0550 e. The number of fused-ring (bicyclic) bond motifs is 4. The van der Waals surface area contributed by atoms with Crippen molar-refractivity contribution in [2.45, 2.75) is 31.1 Å². The van der Waals surface area contributed by atoms with Gasteiger partial charge in [-0.05, 0) is 79.3 Å². The molecule has 4 aromatic carbocycles. The second-order valence-corrected chi connectivity index (χ2v) is 16.7. The SMILES string of the molecule is CN1c2ccccc2Sc2cc(CSSSSCc3ccc4c(c3)Sc3ccccc3N4C)ccc21. The standard InChI is InChI=1S/C28H24N2S6/c1-29-21-7-3-5-9-25(21)33-27-15-19(11-13-23(27)29)17-31-35-36-32-18-20-12-14-24-28(16-20)34-26-10-6-4-8-22(26)30(24)2/h3-16H,17-18H2,1-2H3. The summed E-state index contributed by atoms with van der Waals surface area (Å²) in [5.41, 5.74) is 7.93. The lowest BCUT2D eigenvalue weighted by molar-refractivity contribution is 1.10. The van der Waals surface area contributed by atoms with Gasteiger partial charge in [0.25, 0.3) is 0 Å². The van der Waals surface area contributed by atoms with Gasteiger partial charge in [0, 0.05) is 45.2 Å². The van der Waals surface area contributed by atoms with Crippen LogP contribution >= 0.6 is 64.8 Å². The summed E-state index contributed by atoms with van der Waals surface area (Å²) >= 11 is 3.76. The molecule has 36 heavy (non-hydrogen) atoms. The zero-order valence-corrected chi connectivity index (χ0v) is 24.7. The Balaban J connectivity index is 0.989. The fourth-order valence-corrected chi connectivity index (χ4v) is 12.6. The van der Waals surface area contributed by atoms with E-state index < -0.39 is 0 Å². The predicted octanol–water partition coefficient (Wildman–Crippen LogP) is 10.5. The molecule has 4 aromatic rings. The Labute approximate surface area is 237 Å². The molecule has 0 N–H and O–H groups in total. The normalized spacial score (nSPS) is 13.6. The predicted molar refractivity (Wildman–Crippen MR) is 168 cm³/mol. The molecule has 2 aliphatic rings. The summed E-state index contributed by atoms with van der Waals surface area (Å²) in [7, 11) is 11.9. The lowest BCUT2D eigenvalue weighted by atomic mass is 10.2. The lowest BCUT2D eigenvalue weighted by Crippen LogP contribution is -2.14. The van der Waals surface area contributed by atoms with Gasteiger partial charge >= 0.3 is 0 Å². The fourth-order valence-electron chi connectivity index (χ4n) is 4.38. The van der Waals surface area contributed by atoms with E-state index in [1.807, 2.05) is 64.8 Å². The lowest BCUT2D eigenvalue weighted by Gasteiger charge is -2.29. The van der Waals surface area contributed by atoms with Crippen LogP contribution in [0.1, 0.15) is 11.1 Å². The van der Waals surface area contributed by atoms with Gasteiger partial charge in [0.2, 0.25) is 0 Å². The highest BCUT2D eigenvalue weighted by atomic mass is 33.7. The molecule has 2 nitrogen and oxygen atoms in total. The number of para-hydroxylation sites is 2. The van der Waals surface area contributed by atoms with E-state index in [9.17, 15) is 0 Å². The molecule has 0 atom stereocenters. The van der Waals surface area contributed by atoms with Crippen molar-refractivity contribution in [3.63, 3.8) is 0 Å². The Bertz CT molecular complexity index is 1300. The van der Waals surface area contributed by atoms with Crippen LogP contribution in [0.2, 0.25) is 0 Å². The number of hydrogen-bond acceptors (Lipinski definition) is 8. The van der Waals surface area contributed by atoms with Crippen LogP contribution < -0.4 is 9.80 Å². The summed E-state index contributed by atoms with van der Waals surface area (Å²) < 4.78 is 0. The van der Waals surface area contributed by atoms with E-state index in [-0.39, 0.29) is 0 Å². The van der Waals surface area contributed by atoms with Crippen LogP contribution in [-0.2, 0) is 11.5 Å². The van der Waals surface area contributed by atoms with Gasteiger partial charge in [-0.15, -0.1) is 0 Å². The third kappa shape index (κ3) is 5.13. The molecule has 182 valence electrons. The van der Waals surface area contributed by atoms with Crippen molar-refractivity contribution < 1.29 is 0 Å². The number of anilines is 4. The molecule has 8 heteroatoms. The number of nitrogens with zero attached hydrogens (tertiary/aromatic N) is 2.